The van der Waals surface area contributed by atoms with E-state index >= 15 is 4.39 Å². The van der Waals surface area contributed by atoms with Gasteiger partial charge in [-0.25, -0.2) is 9.18 Å². The molecule has 0 spiro atoms. The van der Waals surface area contributed by atoms with Crippen molar-refractivity contribution in [3.63, 3.8) is 0 Å². The minimum Gasteiger partial charge on any atom is -0.429 e. The Morgan fingerprint density at radius 2 is 1.83 bits per heavy atom. The number of fused-ring (bicyclic) bond motifs is 5. The zero-order valence-corrected chi connectivity index (χ0v) is 24.0. The van der Waals surface area contributed by atoms with E-state index in [-0.39, 0.29) is 29.4 Å². The van der Waals surface area contributed by atoms with Crippen LogP contribution in [-0.2, 0) is 25.7 Å². The fourth-order valence-electron chi connectivity index (χ4n) is 8.75. The second-order valence-corrected chi connectivity index (χ2v) is 12.8. The van der Waals surface area contributed by atoms with Crippen molar-refractivity contribution in [1.29, 1.82) is 0 Å². The summed E-state index contributed by atoms with van der Waals surface area (Å²) < 4.78 is 27.4. The largest absolute Gasteiger partial charge is 0.509 e. The maximum atomic E-state index is 17.4. The van der Waals surface area contributed by atoms with Crippen LogP contribution in [0.3, 0.4) is 0 Å². The number of ether oxygens (including phenoxy) is 2. The van der Waals surface area contributed by atoms with E-state index in [0.717, 1.165) is 0 Å². The number of carbonyl (C=O) groups excluding carboxylic acids is 3. The summed E-state index contributed by atoms with van der Waals surface area (Å²) in [5.74, 6) is -3.00. The van der Waals surface area contributed by atoms with E-state index in [4.69, 9.17) is 9.47 Å². The summed E-state index contributed by atoms with van der Waals surface area (Å²) in [6.07, 6.45) is 2.01. The van der Waals surface area contributed by atoms with Gasteiger partial charge in [0.25, 0.3) is 5.69 Å². The quantitative estimate of drug-likeness (QED) is 0.281. The molecule has 4 aliphatic rings. The number of alkyl halides is 1. The van der Waals surface area contributed by atoms with Crippen LogP contribution < -0.4 is 0 Å². The number of hydrogen-bond donors (Lipinski definition) is 2. The smallest absolute Gasteiger partial charge is 0.429 e. The molecular weight excluding hydrogens is 549 g/mol. The third-order valence-corrected chi connectivity index (χ3v) is 10.8. The highest BCUT2D eigenvalue weighted by atomic mass is 19.1. The van der Waals surface area contributed by atoms with Crippen LogP contribution in [0.2, 0.25) is 0 Å². The molecule has 3 fully saturated rings. The number of nitro benzene ring substituents is 1. The Hall–Kier alpha value is -3.44. The van der Waals surface area contributed by atoms with Crippen LogP contribution in [0.25, 0.3) is 0 Å². The standard InChI is InChI=1S/C31H36FNO9/c1-17-11-23-22-12-18(2)31(38,26(36)16-42-27(37)41-15-19-7-5-6-8-24(19)33(39)40)29(22,4)14-25(35)30(23,32)28(3)10-9-20(34)13-21(17)28/h5-10,13,17-18,22-23,25,35,38H,11-12,14-16H2,1-4H3/t17?,18?,22-,23-,25?,28-,29-,30-,31-/m0/s1. The Labute approximate surface area is 242 Å². The first-order valence-corrected chi connectivity index (χ1v) is 14.2. The van der Waals surface area contributed by atoms with Crippen molar-refractivity contribution in [1.82, 2.24) is 0 Å². The minimum atomic E-state index is -2.12. The van der Waals surface area contributed by atoms with Gasteiger partial charge < -0.3 is 19.7 Å². The molecular formula is C31H36FNO9. The number of carbonyl (C=O) groups is 3. The molecule has 1 aromatic rings. The SMILES string of the molecule is CC1C[C@H]2[C@@H]3CC(C)[C@](O)(C(=O)COC(=O)OCc4ccccc4[N+](=O)[O-])[C@@]3(C)CC(O)[C@]2(F)[C@@]2(C)C=CC(=O)C=C12. The lowest BCUT2D eigenvalue weighted by molar-refractivity contribution is -0.385. The van der Waals surface area contributed by atoms with Gasteiger partial charge in [-0.2, -0.15) is 0 Å². The molecule has 0 radical (unpaired) electrons. The molecule has 9 atom stereocenters. The normalized spacial score (nSPS) is 40.3. The molecule has 226 valence electrons. The van der Waals surface area contributed by atoms with E-state index in [9.17, 15) is 34.7 Å². The van der Waals surface area contributed by atoms with Crippen molar-refractivity contribution in [2.24, 2.45) is 34.5 Å². The second-order valence-electron chi connectivity index (χ2n) is 12.8. The van der Waals surface area contributed by atoms with Gasteiger partial charge in [-0.1, -0.05) is 44.6 Å². The van der Waals surface area contributed by atoms with E-state index in [2.05, 4.69) is 0 Å². The van der Waals surface area contributed by atoms with Gasteiger partial charge in [-0.3, -0.25) is 19.7 Å². The molecule has 0 saturated heterocycles. The highest BCUT2D eigenvalue weighted by molar-refractivity contribution is 6.01. The number of allylic oxidation sites excluding steroid dienone is 4. The van der Waals surface area contributed by atoms with Crippen molar-refractivity contribution in [3.05, 3.63) is 63.7 Å². The lowest BCUT2D eigenvalue weighted by atomic mass is 9.43. The number of hydrogen-bond acceptors (Lipinski definition) is 9. The first-order valence-electron chi connectivity index (χ1n) is 14.2. The number of aliphatic hydroxyl groups is 2. The fraction of sp³-hybridized carbons (Fsp3) is 0.581. The molecule has 42 heavy (non-hydrogen) atoms. The number of halogens is 1. The van der Waals surface area contributed by atoms with Crippen LogP contribution in [0.15, 0.2) is 48.1 Å². The molecule has 11 heteroatoms. The van der Waals surface area contributed by atoms with Crippen molar-refractivity contribution >= 4 is 23.4 Å². The fourth-order valence-corrected chi connectivity index (χ4v) is 8.75. The number of rotatable bonds is 6. The maximum absolute atomic E-state index is 17.4. The molecule has 5 rings (SSSR count). The lowest BCUT2D eigenvalue weighted by Crippen LogP contribution is -2.70. The van der Waals surface area contributed by atoms with Crippen LogP contribution in [-0.4, -0.2) is 56.8 Å². The Morgan fingerprint density at radius 3 is 2.52 bits per heavy atom. The lowest BCUT2D eigenvalue weighted by Gasteiger charge is -2.63. The van der Waals surface area contributed by atoms with Gasteiger partial charge in [0.2, 0.25) is 5.78 Å². The zero-order chi connectivity index (χ0) is 30.8. The number of Topliss-reactive ketones (excluding diaryl/α,β-unsaturated/α-hetero) is 1. The maximum Gasteiger partial charge on any atom is 0.509 e. The van der Waals surface area contributed by atoms with Gasteiger partial charge in [-0.15, -0.1) is 0 Å². The summed E-state index contributed by atoms with van der Waals surface area (Å²) in [7, 11) is 0. The molecule has 4 aliphatic carbocycles. The van der Waals surface area contributed by atoms with Crippen molar-refractivity contribution in [2.75, 3.05) is 6.61 Å². The molecule has 0 amide bonds. The predicted octanol–water partition coefficient (Wildman–Crippen LogP) is 4.41. The Balaban J connectivity index is 1.35. The molecule has 0 heterocycles. The third kappa shape index (κ3) is 4.07. The van der Waals surface area contributed by atoms with E-state index in [0.29, 0.717) is 18.4 Å². The Bertz CT molecular complexity index is 1410. The van der Waals surface area contributed by atoms with Gasteiger partial charge >= 0.3 is 6.16 Å². The molecule has 0 aliphatic heterocycles. The summed E-state index contributed by atoms with van der Waals surface area (Å²) in [6.45, 7) is 5.73. The van der Waals surface area contributed by atoms with Crippen molar-refractivity contribution in [3.8, 4) is 0 Å². The number of nitro groups is 1. The molecule has 0 aromatic heterocycles. The van der Waals surface area contributed by atoms with Crippen LogP contribution in [0.4, 0.5) is 14.9 Å². The average Bonchev–Trinajstić information content (AvgIpc) is 3.14. The Kier molecular flexibility index (Phi) is 7.21. The predicted molar refractivity (Wildman–Crippen MR) is 147 cm³/mol. The van der Waals surface area contributed by atoms with Crippen molar-refractivity contribution in [2.45, 2.75) is 70.9 Å². The van der Waals surface area contributed by atoms with Gasteiger partial charge in [0.1, 0.15) is 12.2 Å². The molecule has 1 aromatic carbocycles. The third-order valence-electron chi connectivity index (χ3n) is 10.8. The van der Waals surface area contributed by atoms with E-state index < -0.39 is 76.0 Å². The highest BCUT2D eigenvalue weighted by Gasteiger charge is 2.76. The second kappa shape index (κ2) is 10.1. The number of benzene rings is 1. The van der Waals surface area contributed by atoms with Crippen LogP contribution in [0, 0.1) is 44.6 Å². The van der Waals surface area contributed by atoms with Crippen LogP contribution in [0.5, 0.6) is 0 Å². The molecule has 2 N–H and O–H groups in total. The highest BCUT2D eigenvalue weighted by Crippen LogP contribution is 2.71. The van der Waals surface area contributed by atoms with E-state index in [1.165, 1.54) is 30.4 Å². The Morgan fingerprint density at radius 1 is 1.14 bits per heavy atom. The summed E-state index contributed by atoms with van der Waals surface area (Å²) in [5, 5.41) is 34.7. The molecule has 3 unspecified atom stereocenters. The topological polar surface area (TPSA) is 153 Å². The van der Waals surface area contributed by atoms with Crippen LogP contribution in [0.1, 0.15) is 52.5 Å². The van der Waals surface area contributed by atoms with Crippen LogP contribution >= 0.6 is 0 Å². The first-order chi connectivity index (χ1) is 19.6. The zero-order valence-electron chi connectivity index (χ0n) is 24.0. The summed E-state index contributed by atoms with van der Waals surface area (Å²) in [5.41, 5.74) is -6.07. The molecule has 3 saturated carbocycles. The average molecular weight is 586 g/mol. The van der Waals surface area contributed by atoms with Crippen molar-refractivity contribution < 1.29 is 43.4 Å². The number of aliphatic hydroxyl groups excluding tert-OH is 1. The number of nitrogens with zero attached hydrogens (tertiary/aromatic N) is 1. The van der Waals surface area contributed by atoms with E-state index in [1.54, 1.807) is 32.9 Å². The van der Waals surface area contributed by atoms with Gasteiger partial charge in [0.15, 0.2) is 18.1 Å². The summed E-state index contributed by atoms with van der Waals surface area (Å²) in [6, 6.07) is 5.71. The molecule has 10 nitrogen and oxygen atoms in total. The van der Waals surface area contributed by atoms with Gasteiger partial charge in [0, 0.05) is 22.8 Å². The van der Waals surface area contributed by atoms with E-state index in [1.807, 2.05) is 6.92 Å². The van der Waals surface area contributed by atoms with Gasteiger partial charge in [-0.05, 0) is 62.2 Å². The minimum absolute atomic E-state index is 0.139. The summed E-state index contributed by atoms with van der Waals surface area (Å²) in [4.78, 5) is 48.6. The van der Waals surface area contributed by atoms with Gasteiger partial charge in [0.05, 0.1) is 16.6 Å². The first kappa shape index (κ1) is 30.0. The number of ketones is 2. The monoisotopic (exact) mass is 585 g/mol. The summed E-state index contributed by atoms with van der Waals surface area (Å²) >= 11 is 0. The number of para-hydroxylation sites is 1. The molecule has 0 bridgehead atoms.